The standard InChI is InChI=1S/C22H29N3O2/c1-4-25(5-2)15-9-14-23-21(26)19-13-12-17(3)20(16-19)24-22(27)18-10-7-6-8-11-18/h6-8,10-13,16H,4-5,9,14-15H2,1-3H3,(H,23,26)(H,24,27). The average molecular weight is 367 g/mol. The van der Waals surface area contributed by atoms with Gasteiger partial charge in [-0.15, -0.1) is 0 Å². The van der Waals surface area contributed by atoms with Gasteiger partial charge in [0.2, 0.25) is 0 Å². The number of carbonyl (C=O) groups excluding carboxylic acids is 2. The molecule has 144 valence electrons. The van der Waals surface area contributed by atoms with E-state index in [2.05, 4.69) is 29.4 Å². The molecule has 0 heterocycles. The van der Waals surface area contributed by atoms with Crippen LogP contribution in [0, 0.1) is 6.92 Å². The second kappa shape index (κ2) is 10.5. The molecule has 0 saturated heterocycles. The molecule has 0 aliphatic rings. The van der Waals surface area contributed by atoms with Crippen molar-refractivity contribution < 1.29 is 9.59 Å². The summed E-state index contributed by atoms with van der Waals surface area (Å²) in [5.74, 6) is -0.305. The van der Waals surface area contributed by atoms with Gasteiger partial charge in [0, 0.05) is 23.4 Å². The predicted octanol–water partition coefficient (Wildman–Crippen LogP) is 3.71. The molecule has 0 radical (unpaired) electrons. The van der Waals surface area contributed by atoms with Gasteiger partial charge in [-0.1, -0.05) is 38.1 Å². The molecule has 5 heteroatoms. The summed E-state index contributed by atoms with van der Waals surface area (Å²) in [5, 5.41) is 5.85. The molecule has 0 bridgehead atoms. The highest BCUT2D eigenvalue weighted by Crippen LogP contribution is 2.18. The van der Waals surface area contributed by atoms with Crippen LogP contribution in [0.25, 0.3) is 0 Å². The lowest BCUT2D eigenvalue weighted by molar-refractivity contribution is 0.0950. The Kier molecular flexibility index (Phi) is 8.01. The largest absolute Gasteiger partial charge is 0.352 e. The van der Waals surface area contributed by atoms with E-state index in [1.165, 1.54) is 0 Å². The maximum Gasteiger partial charge on any atom is 0.255 e. The van der Waals surface area contributed by atoms with Crippen molar-refractivity contribution in [3.63, 3.8) is 0 Å². The average Bonchev–Trinajstić information content (AvgIpc) is 2.70. The molecule has 0 aromatic heterocycles. The SMILES string of the molecule is CCN(CC)CCCNC(=O)c1ccc(C)c(NC(=O)c2ccccc2)c1. The Morgan fingerprint density at radius 3 is 2.30 bits per heavy atom. The zero-order chi connectivity index (χ0) is 19.6. The van der Waals surface area contributed by atoms with E-state index < -0.39 is 0 Å². The van der Waals surface area contributed by atoms with Crippen molar-refractivity contribution in [3.8, 4) is 0 Å². The quantitative estimate of drug-likeness (QED) is 0.664. The van der Waals surface area contributed by atoms with Crippen molar-refractivity contribution in [1.82, 2.24) is 10.2 Å². The van der Waals surface area contributed by atoms with Gasteiger partial charge in [-0.3, -0.25) is 9.59 Å². The molecular weight excluding hydrogens is 338 g/mol. The highest BCUT2D eigenvalue weighted by atomic mass is 16.2. The maximum atomic E-state index is 12.4. The van der Waals surface area contributed by atoms with E-state index in [1.54, 1.807) is 24.3 Å². The number of aryl methyl sites for hydroxylation is 1. The fourth-order valence-corrected chi connectivity index (χ4v) is 2.83. The van der Waals surface area contributed by atoms with E-state index in [-0.39, 0.29) is 11.8 Å². The first-order chi connectivity index (χ1) is 13.0. The van der Waals surface area contributed by atoms with Crippen LogP contribution < -0.4 is 10.6 Å². The van der Waals surface area contributed by atoms with Crippen molar-refractivity contribution in [3.05, 3.63) is 65.2 Å². The Balaban J connectivity index is 1.95. The molecule has 2 N–H and O–H groups in total. The van der Waals surface area contributed by atoms with Crippen molar-refractivity contribution >= 4 is 17.5 Å². The third kappa shape index (κ3) is 6.22. The monoisotopic (exact) mass is 367 g/mol. The number of nitrogens with one attached hydrogen (secondary N) is 2. The molecule has 2 amide bonds. The molecule has 2 rings (SSSR count). The summed E-state index contributed by atoms with van der Waals surface area (Å²) >= 11 is 0. The van der Waals surface area contributed by atoms with Crippen LogP contribution in [0.15, 0.2) is 48.5 Å². The van der Waals surface area contributed by atoms with Gasteiger partial charge in [-0.2, -0.15) is 0 Å². The molecule has 2 aromatic carbocycles. The number of anilines is 1. The molecule has 0 unspecified atom stereocenters. The molecule has 27 heavy (non-hydrogen) atoms. The van der Waals surface area contributed by atoms with E-state index in [9.17, 15) is 9.59 Å². The number of nitrogens with zero attached hydrogens (tertiary/aromatic N) is 1. The molecule has 5 nitrogen and oxygen atoms in total. The van der Waals surface area contributed by atoms with Crippen LogP contribution >= 0.6 is 0 Å². The first kappa shape index (κ1) is 20.6. The van der Waals surface area contributed by atoms with Crippen LogP contribution in [0.3, 0.4) is 0 Å². The van der Waals surface area contributed by atoms with Gasteiger partial charge in [-0.05, 0) is 62.8 Å². The smallest absolute Gasteiger partial charge is 0.255 e. The Bertz CT molecular complexity index is 755. The molecule has 0 saturated carbocycles. The van der Waals surface area contributed by atoms with E-state index in [0.29, 0.717) is 23.4 Å². The lowest BCUT2D eigenvalue weighted by Gasteiger charge is -2.17. The van der Waals surface area contributed by atoms with Gasteiger partial charge < -0.3 is 15.5 Å². The summed E-state index contributed by atoms with van der Waals surface area (Å²) in [4.78, 5) is 27.1. The summed E-state index contributed by atoms with van der Waals surface area (Å²) in [6.07, 6.45) is 0.914. The Morgan fingerprint density at radius 1 is 0.926 bits per heavy atom. The molecule has 0 aliphatic heterocycles. The lowest BCUT2D eigenvalue weighted by atomic mass is 10.1. The summed E-state index contributed by atoms with van der Waals surface area (Å²) < 4.78 is 0. The zero-order valence-electron chi connectivity index (χ0n) is 16.4. The lowest BCUT2D eigenvalue weighted by Crippen LogP contribution is -2.30. The zero-order valence-corrected chi connectivity index (χ0v) is 16.4. The minimum absolute atomic E-state index is 0.121. The maximum absolute atomic E-state index is 12.4. The fraction of sp³-hybridized carbons (Fsp3) is 0.364. The molecular formula is C22H29N3O2. The Morgan fingerprint density at radius 2 is 1.63 bits per heavy atom. The normalized spacial score (nSPS) is 10.7. The van der Waals surface area contributed by atoms with Crippen molar-refractivity contribution in [2.24, 2.45) is 0 Å². The van der Waals surface area contributed by atoms with Gasteiger partial charge in [0.1, 0.15) is 0 Å². The van der Waals surface area contributed by atoms with E-state index >= 15 is 0 Å². The first-order valence-electron chi connectivity index (χ1n) is 9.52. The van der Waals surface area contributed by atoms with Crippen molar-refractivity contribution in [2.45, 2.75) is 27.2 Å². The van der Waals surface area contributed by atoms with Crippen LogP contribution in [0.4, 0.5) is 5.69 Å². The van der Waals surface area contributed by atoms with Gasteiger partial charge >= 0.3 is 0 Å². The van der Waals surface area contributed by atoms with Crippen molar-refractivity contribution in [1.29, 1.82) is 0 Å². The number of hydrogen-bond acceptors (Lipinski definition) is 3. The van der Waals surface area contributed by atoms with Crippen LogP contribution in [0.5, 0.6) is 0 Å². The van der Waals surface area contributed by atoms with E-state index in [4.69, 9.17) is 0 Å². The van der Waals surface area contributed by atoms with Gasteiger partial charge in [0.15, 0.2) is 0 Å². The molecule has 0 fully saturated rings. The van der Waals surface area contributed by atoms with Crippen LogP contribution in [-0.2, 0) is 0 Å². The number of rotatable bonds is 9. The summed E-state index contributed by atoms with van der Waals surface area (Å²) in [7, 11) is 0. The van der Waals surface area contributed by atoms with Gasteiger partial charge in [0.05, 0.1) is 0 Å². The minimum atomic E-state index is -0.185. The third-order valence-electron chi connectivity index (χ3n) is 4.62. The summed E-state index contributed by atoms with van der Waals surface area (Å²) in [5.41, 5.74) is 2.70. The Hall–Kier alpha value is -2.66. The van der Waals surface area contributed by atoms with E-state index in [0.717, 1.165) is 31.6 Å². The highest BCUT2D eigenvalue weighted by molar-refractivity contribution is 6.05. The molecule has 2 aromatic rings. The highest BCUT2D eigenvalue weighted by Gasteiger charge is 2.11. The van der Waals surface area contributed by atoms with Crippen LogP contribution in [0.1, 0.15) is 46.5 Å². The Labute approximate surface area is 161 Å². The van der Waals surface area contributed by atoms with Crippen LogP contribution in [-0.4, -0.2) is 42.9 Å². The molecule has 0 aliphatic carbocycles. The number of benzene rings is 2. The van der Waals surface area contributed by atoms with E-state index in [1.807, 2.05) is 31.2 Å². The summed E-state index contributed by atoms with van der Waals surface area (Å²) in [6, 6.07) is 14.4. The predicted molar refractivity (Wildman–Crippen MR) is 110 cm³/mol. The molecule has 0 atom stereocenters. The first-order valence-corrected chi connectivity index (χ1v) is 9.52. The molecule has 0 spiro atoms. The van der Waals surface area contributed by atoms with Crippen LogP contribution in [0.2, 0.25) is 0 Å². The topological polar surface area (TPSA) is 61.4 Å². The van der Waals surface area contributed by atoms with Crippen molar-refractivity contribution in [2.75, 3.05) is 31.5 Å². The second-order valence-corrected chi connectivity index (χ2v) is 6.49. The fourth-order valence-electron chi connectivity index (χ4n) is 2.83. The number of carbonyl (C=O) groups is 2. The second-order valence-electron chi connectivity index (χ2n) is 6.49. The van der Waals surface area contributed by atoms with Gasteiger partial charge in [-0.25, -0.2) is 0 Å². The minimum Gasteiger partial charge on any atom is -0.352 e. The number of hydrogen-bond donors (Lipinski definition) is 2. The third-order valence-corrected chi connectivity index (χ3v) is 4.62. The summed E-state index contributed by atoms with van der Waals surface area (Å²) in [6.45, 7) is 9.83. The van der Waals surface area contributed by atoms with Gasteiger partial charge in [0.25, 0.3) is 11.8 Å². The number of amides is 2.